The quantitative estimate of drug-likeness (QED) is 0.845. The molecule has 82 valence electrons. The predicted molar refractivity (Wildman–Crippen MR) is 55.6 cm³/mol. The third kappa shape index (κ3) is 2.08. The van der Waals surface area contributed by atoms with Gasteiger partial charge in [0, 0.05) is 5.56 Å². The molecule has 0 saturated carbocycles. The Labute approximate surface area is 91.1 Å². The van der Waals surface area contributed by atoms with Gasteiger partial charge >= 0.3 is 0 Å². The predicted octanol–water partition coefficient (Wildman–Crippen LogP) is 2.37. The highest BCUT2D eigenvalue weighted by atomic mass is 19.1. The van der Waals surface area contributed by atoms with Crippen LogP contribution >= 0.6 is 0 Å². The van der Waals surface area contributed by atoms with E-state index in [1.165, 1.54) is 30.7 Å². The van der Waals surface area contributed by atoms with Gasteiger partial charge in [-0.05, 0) is 30.7 Å². The van der Waals surface area contributed by atoms with E-state index < -0.39 is 0 Å². The van der Waals surface area contributed by atoms with Crippen LogP contribution in [0.3, 0.4) is 0 Å². The van der Waals surface area contributed by atoms with Gasteiger partial charge in [0.2, 0.25) is 0 Å². The van der Waals surface area contributed by atoms with Crippen LogP contribution in [0.2, 0.25) is 0 Å². The molecule has 5 heteroatoms. The largest absolute Gasteiger partial charge is 0.363 e. The zero-order valence-electron chi connectivity index (χ0n) is 8.53. The number of carbonyl (C=O) groups is 1. The third-order valence-corrected chi connectivity index (χ3v) is 2.11. The summed E-state index contributed by atoms with van der Waals surface area (Å²) in [5.74, 6) is -0.659. The fourth-order valence-corrected chi connectivity index (χ4v) is 1.26. The Balaban J connectivity index is 2.18. The molecule has 1 aromatic heterocycles. The van der Waals surface area contributed by atoms with E-state index in [4.69, 9.17) is 0 Å². The fraction of sp³-hybridized carbons (Fsp3) is 0.0909. The first-order chi connectivity index (χ1) is 7.66. The van der Waals surface area contributed by atoms with E-state index in [0.29, 0.717) is 16.8 Å². The van der Waals surface area contributed by atoms with Gasteiger partial charge in [-0.3, -0.25) is 4.79 Å². The summed E-state index contributed by atoms with van der Waals surface area (Å²) < 4.78 is 17.6. The van der Waals surface area contributed by atoms with Gasteiger partial charge in [0.15, 0.2) is 0 Å². The van der Waals surface area contributed by atoms with Crippen molar-refractivity contribution >= 4 is 11.6 Å². The highest BCUT2D eigenvalue weighted by Crippen LogP contribution is 2.12. The number of aromatic nitrogens is 1. The second-order valence-corrected chi connectivity index (χ2v) is 3.33. The maximum atomic E-state index is 13.0. The Hall–Kier alpha value is -2.17. The lowest BCUT2D eigenvalue weighted by Gasteiger charge is -2.03. The summed E-state index contributed by atoms with van der Waals surface area (Å²) in [5, 5.41) is 6.02. The lowest BCUT2D eigenvalue weighted by molar-refractivity contribution is 0.102. The number of benzene rings is 1. The first-order valence-electron chi connectivity index (χ1n) is 4.63. The number of halogens is 1. The highest BCUT2D eigenvalue weighted by Gasteiger charge is 2.08. The van der Waals surface area contributed by atoms with Crippen molar-refractivity contribution in [1.82, 2.24) is 5.16 Å². The minimum absolute atomic E-state index is 0.327. The smallest absolute Gasteiger partial charge is 0.255 e. The lowest BCUT2D eigenvalue weighted by atomic mass is 10.1. The minimum Gasteiger partial charge on any atom is -0.363 e. The van der Waals surface area contributed by atoms with Crippen molar-refractivity contribution in [1.29, 1.82) is 0 Å². The number of hydrogen-bond acceptors (Lipinski definition) is 3. The number of aryl methyl sites for hydroxylation is 1. The maximum absolute atomic E-state index is 13.0. The molecule has 0 saturated heterocycles. The van der Waals surface area contributed by atoms with Crippen LogP contribution in [-0.4, -0.2) is 11.1 Å². The molecular weight excluding hydrogens is 211 g/mol. The standard InChI is InChI=1S/C11H9FN2O2/c1-7-4-8(2-3-10(7)12)11(15)14-9-5-13-16-6-9/h2-6H,1H3,(H,14,15). The Bertz CT molecular complexity index is 509. The summed E-state index contributed by atoms with van der Waals surface area (Å²) >= 11 is 0. The van der Waals surface area contributed by atoms with Crippen LogP contribution in [0.5, 0.6) is 0 Å². The average Bonchev–Trinajstić information content (AvgIpc) is 2.74. The number of nitrogens with zero attached hydrogens (tertiary/aromatic N) is 1. The van der Waals surface area contributed by atoms with Crippen molar-refractivity contribution in [3.05, 3.63) is 47.6 Å². The van der Waals surface area contributed by atoms with E-state index in [9.17, 15) is 9.18 Å². The number of amides is 1. The molecule has 2 rings (SSSR count). The number of carbonyl (C=O) groups excluding carboxylic acids is 1. The molecule has 0 aliphatic heterocycles. The molecule has 0 aliphatic carbocycles. The van der Waals surface area contributed by atoms with Gasteiger partial charge in [-0.1, -0.05) is 5.16 Å². The van der Waals surface area contributed by atoms with E-state index in [1.54, 1.807) is 6.92 Å². The van der Waals surface area contributed by atoms with Crippen LogP contribution < -0.4 is 5.32 Å². The second-order valence-electron chi connectivity index (χ2n) is 3.33. The Morgan fingerprint density at radius 1 is 1.50 bits per heavy atom. The molecule has 1 heterocycles. The molecule has 0 aliphatic rings. The van der Waals surface area contributed by atoms with Gasteiger partial charge in [0.1, 0.15) is 17.8 Å². The van der Waals surface area contributed by atoms with Crippen molar-refractivity contribution < 1.29 is 13.7 Å². The van der Waals surface area contributed by atoms with E-state index >= 15 is 0 Å². The second kappa shape index (κ2) is 4.14. The van der Waals surface area contributed by atoms with Crippen molar-refractivity contribution in [2.45, 2.75) is 6.92 Å². The molecule has 0 spiro atoms. The third-order valence-electron chi connectivity index (χ3n) is 2.11. The Morgan fingerprint density at radius 2 is 2.31 bits per heavy atom. The van der Waals surface area contributed by atoms with Gasteiger partial charge in [-0.15, -0.1) is 0 Å². The van der Waals surface area contributed by atoms with E-state index in [1.807, 2.05) is 0 Å². The van der Waals surface area contributed by atoms with Crippen LogP contribution in [0.1, 0.15) is 15.9 Å². The van der Waals surface area contributed by atoms with Crippen molar-refractivity contribution in [3.8, 4) is 0 Å². The fourth-order valence-electron chi connectivity index (χ4n) is 1.26. The van der Waals surface area contributed by atoms with Crippen LogP contribution in [0.4, 0.5) is 10.1 Å². The molecule has 16 heavy (non-hydrogen) atoms. The molecule has 2 aromatic rings. The Morgan fingerprint density at radius 3 is 2.94 bits per heavy atom. The van der Waals surface area contributed by atoms with Crippen molar-refractivity contribution in [2.24, 2.45) is 0 Å². The van der Waals surface area contributed by atoms with Gasteiger partial charge in [-0.2, -0.15) is 0 Å². The van der Waals surface area contributed by atoms with Crippen molar-refractivity contribution in [2.75, 3.05) is 5.32 Å². The first kappa shape index (κ1) is 10.4. The van der Waals surface area contributed by atoms with E-state index in [2.05, 4.69) is 15.0 Å². The van der Waals surface area contributed by atoms with Gasteiger partial charge in [0.05, 0.1) is 6.20 Å². The first-order valence-corrected chi connectivity index (χ1v) is 4.63. The van der Waals surface area contributed by atoms with E-state index in [0.717, 1.165) is 0 Å². The SMILES string of the molecule is Cc1cc(C(=O)Nc2cnoc2)ccc1F. The minimum atomic E-state index is -0.332. The molecule has 0 radical (unpaired) electrons. The van der Waals surface area contributed by atoms with Gasteiger partial charge < -0.3 is 9.84 Å². The number of nitrogens with one attached hydrogen (secondary N) is 1. The zero-order chi connectivity index (χ0) is 11.5. The molecule has 0 atom stereocenters. The molecule has 0 fully saturated rings. The van der Waals surface area contributed by atoms with Crippen molar-refractivity contribution in [3.63, 3.8) is 0 Å². The topological polar surface area (TPSA) is 55.1 Å². The molecule has 1 N–H and O–H groups in total. The average molecular weight is 220 g/mol. The number of hydrogen-bond donors (Lipinski definition) is 1. The molecule has 0 unspecified atom stereocenters. The summed E-state index contributed by atoms with van der Waals surface area (Å²) in [6.07, 6.45) is 2.70. The Kier molecular flexibility index (Phi) is 2.68. The lowest BCUT2D eigenvalue weighted by Crippen LogP contribution is -2.11. The summed E-state index contributed by atoms with van der Waals surface area (Å²) in [5.41, 5.74) is 1.28. The summed E-state index contributed by atoms with van der Waals surface area (Å²) in [6.45, 7) is 1.60. The zero-order valence-corrected chi connectivity index (χ0v) is 8.53. The molecule has 4 nitrogen and oxygen atoms in total. The van der Waals surface area contributed by atoms with Crippen LogP contribution in [0.15, 0.2) is 35.2 Å². The maximum Gasteiger partial charge on any atom is 0.255 e. The number of rotatable bonds is 2. The summed E-state index contributed by atoms with van der Waals surface area (Å²) in [4.78, 5) is 11.7. The molecule has 0 bridgehead atoms. The van der Waals surface area contributed by atoms with Crippen LogP contribution in [-0.2, 0) is 0 Å². The molecular formula is C11H9FN2O2. The normalized spacial score (nSPS) is 10.1. The van der Waals surface area contributed by atoms with Crippen LogP contribution in [0, 0.1) is 12.7 Å². The molecule has 1 aromatic carbocycles. The van der Waals surface area contributed by atoms with Crippen LogP contribution in [0.25, 0.3) is 0 Å². The monoisotopic (exact) mass is 220 g/mol. The van der Waals surface area contributed by atoms with Gasteiger partial charge in [0.25, 0.3) is 5.91 Å². The number of anilines is 1. The summed E-state index contributed by atoms with van der Waals surface area (Å²) in [7, 11) is 0. The highest BCUT2D eigenvalue weighted by molar-refractivity contribution is 6.04. The van der Waals surface area contributed by atoms with E-state index in [-0.39, 0.29) is 11.7 Å². The van der Waals surface area contributed by atoms with Gasteiger partial charge in [-0.25, -0.2) is 4.39 Å². The molecule has 1 amide bonds. The summed E-state index contributed by atoms with van der Waals surface area (Å²) in [6, 6.07) is 4.17.